The molecule has 7 rings (SSSR count). The highest BCUT2D eigenvalue weighted by atomic mass is 35.5. The number of para-hydroxylation sites is 1. The first kappa shape index (κ1) is 31.9. The van der Waals surface area contributed by atoms with Crippen molar-refractivity contribution in [2.75, 3.05) is 13.7 Å². The summed E-state index contributed by atoms with van der Waals surface area (Å²) in [4.78, 5) is 33.5. The van der Waals surface area contributed by atoms with Crippen LogP contribution in [0.2, 0.25) is 10.0 Å². The molecule has 4 aromatic carbocycles. The molecule has 1 aliphatic heterocycles. The first-order valence-electron chi connectivity index (χ1n) is 15.5. The smallest absolute Gasteiger partial charge is 0.338 e. The zero-order valence-corrected chi connectivity index (χ0v) is 29.0. The maximum atomic E-state index is 14.6. The second kappa shape index (κ2) is 12.8. The van der Waals surface area contributed by atoms with Crippen molar-refractivity contribution >= 4 is 68.3 Å². The van der Waals surface area contributed by atoms with Crippen molar-refractivity contribution in [3.63, 3.8) is 0 Å². The summed E-state index contributed by atoms with van der Waals surface area (Å²) in [6.45, 7) is 6.30. The standard InChI is InChI=1S/C38H31Cl2N3O4S/c1-5-47-37(45)33-21(2)41-38-43(35(33)34-26-11-7-6-10-23(26)15-17-31(34)46-4)36(44)32(48-38)19-28-22(3)42(30-13-9-8-12-27(28)30)20-24-14-16-25(39)18-29(24)40/h6-19,35H,5,20H2,1-4H3/b32-19-/t35-/m0/s1. The van der Waals surface area contributed by atoms with Crippen molar-refractivity contribution in [2.45, 2.75) is 33.4 Å². The lowest BCUT2D eigenvalue weighted by Crippen LogP contribution is -2.40. The fourth-order valence-electron chi connectivity index (χ4n) is 6.60. The van der Waals surface area contributed by atoms with Crippen LogP contribution in [-0.2, 0) is 16.1 Å². The van der Waals surface area contributed by atoms with Crippen molar-refractivity contribution < 1.29 is 14.3 Å². The highest BCUT2D eigenvalue weighted by molar-refractivity contribution is 7.07. The minimum Gasteiger partial charge on any atom is -0.496 e. The summed E-state index contributed by atoms with van der Waals surface area (Å²) in [6, 6.07) is 24.5. The molecule has 2 aromatic heterocycles. The average molecular weight is 697 g/mol. The van der Waals surface area contributed by atoms with Gasteiger partial charge in [0.1, 0.15) is 11.8 Å². The number of nitrogens with zero attached hydrogens (tertiary/aromatic N) is 3. The molecule has 6 aromatic rings. The van der Waals surface area contributed by atoms with Crippen molar-refractivity contribution in [3.8, 4) is 5.75 Å². The Bertz CT molecular complexity index is 2490. The summed E-state index contributed by atoms with van der Waals surface area (Å²) in [5, 5.41) is 3.99. The quantitative estimate of drug-likeness (QED) is 0.162. The number of allylic oxidation sites excluding steroid dienone is 1. The first-order valence-corrected chi connectivity index (χ1v) is 17.1. The van der Waals surface area contributed by atoms with E-state index in [1.54, 1.807) is 31.6 Å². The average Bonchev–Trinajstić information content (AvgIpc) is 3.53. The Morgan fingerprint density at radius 2 is 1.75 bits per heavy atom. The molecule has 48 heavy (non-hydrogen) atoms. The summed E-state index contributed by atoms with van der Waals surface area (Å²) >= 11 is 14.1. The molecule has 0 unspecified atom stereocenters. The van der Waals surface area contributed by atoms with Crippen LogP contribution in [0.5, 0.6) is 5.75 Å². The minimum atomic E-state index is -0.821. The van der Waals surface area contributed by atoms with E-state index < -0.39 is 12.0 Å². The number of carbonyl (C=O) groups is 1. The van der Waals surface area contributed by atoms with Crippen LogP contribution in [0, 0.1) is 6.92 Å². The lowest BCUT2D eigenvalue weighted by atomic mass is 9.90. The number of hydrogen-bond donors (Lipinski definition) is 0. The lowest BCUT2D eigenvalue weighted by molar-refractivity contribution is -0.139. The summed E-state index contributed by atoms with van der Waals surface area (Å²) in [5.41, 5.74) is 5.08. The first-order chi connectivity index (χ1) is 23.2. The van der Waals surface area contributed by atoms with E-state index in [1.165, 1.54) is 11.3 Å². The molecule has 0 spiro atoms. The van der Waals surface area contributed by atoms with Crippen molar-refractivity contribution in [2.24, 2.45) is 4.99 Å². The zero-order valence-electron chi connectivity index (χ0n) is 26.7. The van der Waals surface area contributed by atoms with Gasteiger partial charge in [-0.3, -0.25) is 9.36 Å². The van der Waals surface area contributed by atoms with Gasteiger partial charge < -0.3 is 14.0 Å². The summed E-state index contributed by atoms with van der Waals surface area (Å²) in [7, 11) is 1.59. The van der Waals surface area contributed by atoms with Crippen molar-refractivity contribution in [3.05, 3.63) is 142 Å². The van der Waals surface area contributed by atoms with Gasteiger partial charge in [-0.25, -0.2) is 9.79 Å². The predicted molar refractivity (Wildman–Crippen MR) is 193 cm³/mol. The number of halogens is 2. The summed E-state index contributed by atoms with van der Waals surface area (Å²) in [5.74, 6) is 0.0392. The Balaban J connectivity index is 1.47. The number of carbonyl (C=O) groups excluding carboxylic acids is 1. The van der Waals surface area contributed by atoms with E-state index in [9.17, 15) is 9.59 Å². The SMILES string of the molecule is CCOC(=O)C1=C(C)N=c2s/c(=C\c3c(C)n(Cc4ccc(Cl)cc4Cl)c4ccccc34)c(=O)n2[C@@H]1c1c(OC)ccc2ccccc12. The molecule has 0 saturated heterocycles. The van der Waals surface area contributed by atoms with Gasteiger partial charge in [-0.1, -0.05) is 89.1 Å². The molecule has 0 amide bonds. The molecular weight excluding hydrogens is 665 g/mol. The molecule has 0 bridgehead atoms. The normalized spacial score (nSPS) is 14.8. The fraction of sp³-hybridized carbons (Fsp3) is 0.184. The number of methoxy groups -OCH3 is 1. The number of aromatic nitrogens is 2. The molecular formula is C38H31Cl2N3O4S. The van der Waals surface area contributed by atoms with E-state index >= 15 is 0 Å². The number of esters is 1. The molecule has 0 aliphatic carbocycles. The number of thiazole rings is 1. The van der Waals surface area contributed by atoms with Crippen LogP contribution in [-0.4, -0.2) is 28.8 Å². The molecule has 0 fully saturated rings. The van der Waals surface area contributed by atoms with Crippen LogP contribution in [0.15, 0.2) is 99.9 Å². The largest absolute Gasteiger partial charge is 0.496 e. The summed E-state index contributed by atoms with van der Waals surface area (Å²) < 4.78 is 15.7. The number of rotatable bonds is 7. The minimum absolute atomic E-state index is 0.185. The van der Waals surface area contributed by atoms with Crippen LogP contribution in [0.25, 0.3) is 27.8 Å². The van der Waals surface area contributed by atoms with E-state index in [2.05, 4.69) is 16.7 Å². The zero-order chi connectivity index (χ0) is 33.7. The van der Waals surface area contributed by atoms with Gasteiger partial charge in [0.15, 0.2) is 4.80 Å². The van der Waals surface area contributed by atoms with Gasteiger partial charge in [0.25, 0.3) is 5.56 Å². The lowest BCUT2D eigenvalue weighted by Gasteiger charge is -2.27. The molecule has 1 aliphatic rings. The Morgan fingerprint density at radius 1 is 1.00 bits per heavy atom. The summed E-state index contributed by atoms with van der Waals surface area (Å²) in [6.07, 6.45) is 1.93. The van der Waals surface area contributed by atoms with E-state index in [1.807, 2.05) is 73.7 Å². The number of hydrogen-bond acceptors (Lipinski definition) is 6. The Hall–Kier alpha value is -4.63. The van der Waals surface area contributed by atoms with Gasteiger partial charge in [0, 0.05) is 44.3 Å². The number of ether oxygens (including phenoxy) is 2. The third-order valence-corrected chi connectivity index (χ3v) is 10.4. The monoisotopic (exact) mass is 695 g/mol. The topological polar surface area (TPSA) is 74.8 Å². The molecule has 242 valence electrons. The highest BCUT2D eigenvalue weighted by Gasteiger charge is 2.36. The number of benzene rings is 4. The van der Waals surface area contributed by atoms with Crippen LogP contribution >= 0.6 is 34.5 Å². The second-order valence-corrected chi connectivity index (χ2v) is 13.4. The molecule has 7 nitrogen and oxygen atoms in total. The third kappa shape index (κ3) is 5.34. The molecule has 0 N–H and O–H groups in total. The van der Waals surface area contributed by atoms with Crippen LogP contribution in [0.3, 0.4) is 0 Å². The third-order valence-electron chi connectivity index (χ3n) is 8.84. The Kier molecular flexibility index (Phi) is 8.50. The van der Waals surface area contributed by atoms with E-state index in [4.69, 9.17) is 37.7 Å². The maximum absolute atomic E-state index is 14.6. The van der Waals surface area contributed by atoms with Crippen molar-refractivity contribution in [1.82, 2.24) is 9.13 Å². The van der Waals surface area contributed by atoms with Crippen LogP contribution in [0.1, 0.15) is 42.3 Å². The van der Waals surface area contributed by atoms with E-state index in [0.29, 0.717) is 48.5 Å². The van der Waals surface area contributed by atoms with E-state index in [-0.39, 0.29) is 12.2 Å². The van der Waals surface area contributed by atoms with E-state index in [0.717, 1.165) is 38.5 Å². The Morgan fingerprint density at radius 3 is 2.50 bits per heavy atom. The van der Waals surface area contributed by atoms with Gasteiger partial charge in [0.05, 0.1) is 29.5 Å². The highest BCUT2D eigenvalue weighted by Crippen LogP contribution is 2.40. The fourth-order valence-corrected chi connectivity index (χ4v) is 8.09. The molecule has 3 heterocycles. The maximum Gasteiger partial charge on any atom is 0.338 e. The van der Waals surface area contributed by atoms with Gasteiger partial charge >= 0.3 is 5.97 Å². The molecule has 0 radical (unpaired) electrons. The molecule has 10 heteroatoms. The van der Waals surface area contributed by atoms with Crippen molar-refractivity contribution in [1.29, 1.82) is 0 Å². The van der Waals surface area contributed by atoms with Gasteiger partial charge in [-0.05, 0) is 67.4 Å². The van der Waals surface area contributed by atoms with Gasteiger partial charge in [-0.2, -0.15) is 0 Å². The van der Waals surface area contributed by atoms with Crippen LogP contribution < -0.4 is 19.6 Å². The number of fused-ring (bicyclic) bond motifs is 3. The van der Waals surface area contributed by atoms with Crippen LogP contribution in [0.4, 0.5) is 0 Å². The second-order valence-electron chi connectivity index (χ2n) is 11.5. The Labute approximate surface area is 290 Å². The van der Waals surface area contributed by atoms with Gasteiger partial charge in [-0.15, -0.1) is 0 Å². The predicted octanol–water partition coefficient (Wildman–Crippen LogP) is 7.58. The molecule has 0 saturated carbocycles. The molecule has 1 atom stereocenters. The van der Waals surface area contributed by atoms with Gasteiger partial charge in [0.2, 0.25) is 0 Å².